The number of nitrogens with one attached hydrogen (secondary N) is 1. The van der Waals surface area contributed by atoms with Gasteiger partial charge < -0.3 is 15.0 Å². The number of likely N-dealkylation sites (tertiary alicyclic amines) is 1. The van der Waals surface area contributed by atoms with Crippen LogP contribution in [0.4, 0.5) is 0 Å². The van der Waals surface area contributed by atoms with Crippen LogP contribution in [-0.2, 0) is 14.3 Å². The summed E-state index contributed by atoms with van der Waals surface area (Å²) in [6.07, 6.45) is 2.91. The van der Waals surface area contributed by atoms with E-state index < -0.39 is 0 Å². The molecule has 0 bridgehead atoms. The van der Waals surface area contributed by atoms with E-state index >= 15 is 0 Å². The van der Waals surface area contributed by atoms with Gasteiger partial charge in [-0.05, 0) is 32.9 Å². The molecule has 0 spiro atoms. The second kappa shape index (κ2) is 8.06. The minimum Gasteiger partial charge on any atom is -0.466 e. The van der Waals surface area contributed by atoms with Crippen molar-refractivity contribution in [2.75, 3.05) is 32.8 Å². The summed E-state index contributed by atoms with van der Waals surface area (Å²) in [6.45, 7) is 5.98. The molecule has 1 fully saturated rings. The van der Waals surface area contributed by atoms with Crippen LogP contribution >= 0.6 is 0 Å². The van der Waals surface area contributed by atoms with Crippen LogP contribution in [0.25, 0.3) is 0 Å². The molecule has 98 valence electrons. The van der Waals surface area contributed by atoms with E-state index in [2.05, 4.69) is 10.2 Å². The maximum atomic E-state index is 11.4. The topological polar surface area (TPSA) is 58.6 Å². The highest BCUT2D eigenvalue weighted by atomic mass is 16.5. The first-order valence-corrected chi connectivity index (χ1v) is 6.37. The standard InChI is InChI=1S/C12H22N2O3/c1-2-17-12(16)6-5-11(15)13-7-10-14-8-3-4-9-14/h2-10H2,1H3,(H,13,15). The van der Waals surface area contributed by atoms with Crippen LogP contribution in [0, 0.1) is 0 Å². The highest BCUT2D eigenvalue weighted by Crippen LogP contribution is 2.05. The van der Waals surface area contributed by atoms with Crippen molar-refractivity contribution < 1.29 is 14.3 Å². The lowest BCUT2D eigenvalue weighted by Gasteiger charge is -2.14. The van der Waals surface area contributed by atoms with Gasteiger partial charge in [0.2, 0.25) is 5.91 Å². The quantitative estimate of drug-likeness (QED) is 0.662. The van der Waals surface area contributed by atoms with Gasteiger partial charge in [-0.15, -0.1) is 0 Å². The lowest BCUT2D eigenvalue weighted by Crippen LogP contribution is -2.33. The van der Waals surface area contributed by atoms with Crippen LogP contribution in [0.1, 0.15) is 32.6 Å². The third-order valence-electron chi connectivity index (χ3n) is 2.81. The largest absolute Gasteiger partial charge is 0.466 e. The van der Waals surface area contributed by atoms with Crippen molar-refractivity contribution in [3.63, 3.8) is 0 Å². The van der Waals surface area contributed by atoms with Crippen LogP contribution in [0.3, 0.4) is 0 Å². The summed E-state index contributed by atoms with van der Waals surface area (Å²) in [5.41, 5.74) is 0. The third kappa shape index (κ3) is 6.26. The minimum absolute atomic E-state index is 0.0720. The van der Waals surface area contributed by atoms with E-state index in [1.807, 2.05) is 0 Å². The Balaban J connectivity index is 1.98. The van der Waals surface area contributed by atoms with E-state index in [1.54, 1.807) is 6.92 Å². The van der Waals surface area contributed by atoms with Crippen molar-refractivity contribution in [1.82, 2.24) is 10.2 Å². The van der Waals surface area contributed by atoms with E-state index in [-0.39, 0.29) is 24.7 Å². The zero-order chi connectivity index (χ0) is 12.5. The third-order valence-corrected chi connectivity index (χ3v) is 2.81. The Morgan fingerprint density at radius 2 is 1.94 bits per heavy atom. The number of carbonyl (C=O) groups excluding carboxylic acids is 2. The molecule has 0 radical (unpaired) electrons. The number of hydrogen-bond donors (Lipinski definition) is 1. The minimum atomic E-state index is -0.304. The van der Waals surface area contributed by atoms with Gasteiger partial charge in [0.25, 0.3) is 0 Å². The zero-order valence-corrected chi connectivity index (χ0v) is 10.5. The second-order valence-corrected chi connectivity index (χ2v) is 4.20. The van der Waals surface area contributed by atoms with E-state index in [1.165, 1.54) is 12.8 Å². The molecule has 1 N–H and O–H groups in total. The SMILES string of the molecule is CCOC(=O)CCC(=O)NCCN1CCCC1. The van der Waals surface area contributed by atoms with Gasteiger partial charge in [0.05, 0.1) is 13.0 Å². The molecule has 0 aromatic carbocycles. The van der Waals surface area contributed by atoms with Gasteiger partial charge in [0.1, 0.15) is 0 Å². The van der Waals surface area contributed by atoms with Gasteiger partial charge in [-0.3, -0.25) is 9.59 Å². The van der Waals surface area contributed by atoms with Crippen molar-refractivity contribution >= 4 is 11.9 Å². The highest BCUT2D eigenvalue weighted by Gasteiger charge is 2.11. The molecule has 1 rings (SSSR count). The Morgan fingerprint density at radius 3 is 2.59 bits per heavy atom. The lowest BCUT2D eigenvalue weighted by molar-refractivity contribution is -0.144. The molecule has 0 aromatic heterocycles. The number of carbonyl (C=O) groups is 2. The van der Waals surface area contributed by atoms with Crippen molar-refractivity contribution in [1.29, 1.82) is 0 Å². The number of rotatable bonds is 7. The maximum Gasteiger partial charge on any atom is 0.306 e. The molecule has 0 unspecified atom stereocenters. The summed E-state index contributed by atoms with van der Waals surface area (Å²) in [6, 6.07) is 0. The summed E-state index contributed by atoms with van der Waals surface area (Å²) in [5, 5.41) is 2.82. The predicted molar refractivity (Wildman–Crippen MR) is 64.6 cm³/mol. The number of nitrogens with zero attached hydrogens (tertiary/aromatic N) is 1. The average molecular weight is 242 g/mol. The Bertz CT molecular complexity index is 250. The van der Waals surface area contributed by atoms with Gasteiger partial charge in [0.15, 0.2) is 0 Å². The smallest absolute Gasteiger partial charge is 0.306 e. The molecule has 1 aliphatic rings. The fourth-order valence-electron chi connectivity index (χ4n) is 1.90. The molecule has 1 aliphatic heterocycles. The number of esters is 1. The predicted octanol–water partition coefficient (Wildman–Crippen LogP) is 0.542. The maximum absolute atomic E-state index is 11.4. The Kier molecular flexibility index (Phi) is 6.62. The summed E-state index contributed by atoms with van der Waals surface area (Å²) >= 11 is 0. The van der Waals surface area contributed by atoms with Gasteiger partial charge in [-0.25, -0.2) is 0 Å². The van der Waals surface area contributed by atoms with Crippen LogP contribution in [0.15, 0.2) is 0 Å². The van der Waals surface area contributed by atoms with Crippen molar-refractivity contribution in [3.05, 3.63) is 0 Å². The first-order valence-electron chi connectivity index (χ1n) is 6.37. The fraction of sp³-hybridized carbons (Fsp3) is 0.833. The van der Waals surface area contributed by atoms with Crippen LogP contribution in [-0.4, -0.2) is 49.6 Å². The zero-order valence-electron chi connectivity index (χ0n) is 10.5. The van der Waals surface area contributed by atoms with Crippen LogP contribution < -0.4 is 5.32 Å². The monoisotopic (exact) mass is 242 g/mol. The van der Waals surface area contributed by atoms with Crippen molar-refractivity contribution in [2.24, 2.45) is 0 Å². The Morgan fingerprint density at radius 1 is 1.24 bits per heavy atom. The summed E-state index contributed by atoms with van der Waals surface area (Å²) in [7, 11) is 0. The average Bonchev–Trinajstić information content (AvgIpc) is 2.80. The molecule has 1 saturated heterocycles. The highest BCUT2D eigenvalue weighted by molar-refractivity contribution is 5.81. The molecule has 5 heteroatoms. The van der Waals surface area contributed by atoms with Gasteiger partial charge in [-0.1, -0.05) is 0 Å². The number of ether oxygens (including phenoxy) is 1. The summed E-state index contributed by atoms with van der Waals surface area (Å²) in [5.74, 6) is -0.376. The Labute approximate surface area is 102 Å². The van der Waals surface area contributed by atoms with Gasteiger partial charge in [0, 0.05) is 19.5 Å². The van der Waals surface area contributed by atoms with Gasteiger partial charge in [-0.2, -0.15) is 0 Å². The number of amides is 1. The molecular formula is C12H22N2O3. The molecule has 1 heterocycles. The molecule has 0 saturated carbocycles. The van der Waals surface area contributed by atoms with Crippen LogP contribution in [0.5, 0.6) is 0 Å². The molecular weight excluding hydrogens is 220 g/mol. The molecule has 0 atom stereocenters. The molecule has 1 amide bonds. The molecule has 5 nitrogen and oxygen atoms in total. The van der Waals surface area contributed by atoms with E-state index in [0.29, 0.717) is 13.2 Å². The lowest BCUT2D eigenvalue weighted by atomic mass is 10.3. The number of hydrogen-bond acceptors (Lipinski definition) is 4. The Hall–Kier alpha value is -1.10. The molecule has 17 heavy (non-hydrogen) atoms. The van der Waals surface area contributed by atoms with Crippen molar-refractivity contribution in [3.8, 4) is 0 Å². The summed E-state index contributed by atoms with van der Waals surface area (Å²) in [4.78, 5) is 24.7. The van der Waals surface area contributed by atoms with E-state index in [9.17, 15) is 9.59 Å². The first-order chi connectivity index (χ1) is 8.22. The van der Waals surface area contributed by atoms with Crippen molar-refractivity contribution in [2.45, 2.75) is 32.6 Å². The second-order valence-electron chi connectivity index (χ2n) is 4.20. The molecule has 0 aliphatic carbocycles. The van der Waals surface area contributed by atoms with E-state index in [4.69, 9.17) is 4.74 Å². The first kappa shape index (κ1) is 14.0. The van der Waals surface area contributed by atoms with Crippen LogP contribution in [0.2, 0.25) is 0 Å². The molecule has 0 aromatic rings. The summed E-state index contributed by atoms with van der Waals surface area (Å²) < 4.78 is 4.75. The fourth-order valence-corrected chi connectivity index (χ4v) is 1.90. The normalized spacial score (nSPS) is 15.8. The van der Waals surface area contributed by atoms with E-state index in [0.717, 1.165) is 19.6 Å². The van der Waals surface area contributed by atoms with Gasteiger partial charge >= 0.3 is 5.97 Å².